The average Bonchev–Trinajstić information content (AvgIpc) is 3.21. The lowest BCUT2D eigenvalue weighted by Crippen LogP contribution is -2.39. The van der Waals surface area contributed by atoms with Crippen LogP contribution < -0.4 is 9.47 Å². The van der Waals surface area contributed by atoms with E-state index < -0.39 is 0 Å². The van der Waals surface area contributed by atoms with Crippen LogP contribution in [0.1, 0.15) is 54.3 Å². The maximum absolute atomic E-state index is 13.4. The van der Waals surface area contributed by atoms with Gasteiger partial charge in [0.2, 0.25) is 5.91 Å². The van der Waals surface area contributed by atoms with Crippen molar-refractivity contribution in [1.82, 2.24) is 15.0 Å². The van der Waals surface area contributed by atoms with Gasteiger partial charge >= 0.3 is 0 Å². The van der Waals surface area contributed by atoms with Crippen LogP contribution in [0.15, 0.2) is 53.1 Å². The summed E-state index contributed by atoms with van der Waals surface area (Å²) in [5.74, 6) is 2.49. The van der Waals surface area contributed by atoms with Gasteiger partial charge in [-0.3, -0.25) is 9.69 Å². The molecule has 7 nitrogen and oxygen atoms in total. The van der Waals surface area contributed by atoms with Crippen LogP contribution in [0.5, 0.6) is 11.5 Å². The fourth-order valence-electron chi connectivity index (χ4n) is 4.81. The van der Waals surface area contributed by atoms with Crippen LogP contribution in [0.3, 0.4) is 0 Å². The van der Waals surface area contributed by atoms with Crippen molar-refractivity contribution >= 4 is 5.91 Å². The van der Waals surface area contributed by atoms with Gasteiger partial charge in [-0.15, -0.1) is 0 Å². The monoisotopic (exact) mass is 505 g/mol. The molecule has 0 bridgehead atoms. The summed E-state index contributed by atoms with van der Waals surface area (Å²) in [6.07, 6.45) is 3.19. The van der Waals surface area contributed by atoms with Gasteiger partial charge < -0.3 is 18.9 Å². The maximum Gasteiger partial charge on any atom is 0.227 e. The molecule has 4 rings (SSSR count). The van der Waals surface area contributed by atoms with Crippen LogP contribution in [0.25, 0.3) is 0 Å². The second-order valence-electron chi connectivity index (χ2n) is 9.64. The highest BCUT2D eigenvalue weighted by molar-refractivity contribution is 5.79. The maximum atomic E-state index is 13.4. The van der Waals surface area contributed by atoms with Crippen LogP contribution in [0.2, 0.25) is 0 Å². The Morgan fingerprint density at radius 2 is 1.84 bits per heavy atom. The molecule has 7 heteroatoms. The Morgan fingerprint density at radius 3 is 2.59 bits per heavy atom. The molecule has 0 radical (unpaired) electrons. The van der Waals surface area contributed by atoms with Crippen LogP contribution >= 0.6 is 0 Å². The Kier molecular flexibility index (Phi) is 9.60. The van der Waals surface area contributed by atoms with E-state index >= 15 is 0 Å². The summed E-state index contributed by atoms with van der Waals surface area (Å²) in [6, 6.07) is 16.6. The molecule has 1 aliphatic rings. The summed E-state index contributed by atoms with van der Waals surface area (Å²) in [4.78, 5) is 17.8. The first kappa shape index (κ1) is 26.7. The van der Waals surface area contributed by atoms with E-state index in [4.69, 9.17) is 14.0 Å². The Balaban J connectivity index is 1.58. The molecule has 1 aromatic heterocycles. The molecule has 3 aromatic rings. The number of hydrogen-bond acceptors (Lipinski definition) is 6. The van der Waals surface area contributed by atoms with E-state index in [2.05, 4.69) is 40.4 Å². The lowest BCUT2D eigenvalue weighted by atomic mass is 10.1. The molecule has 1 amide bonds. The van der Waals surface area contributed by atoms with Crippen LogP contribution in [0.4, 0.5) is 0 Å². The first-order valence-electron chi connectivity index (χ1n) is 13.4. The molecule has 2 heterocycles. The zero-order valence-electron chi connectivity index (χ0n) is 22.4. The van der Waals surface area contributed by atoms with Crippen molar-refractivity contribution in [3.63, 3.8) is 0 Å². The van der Waals surface area contributed by atoms with Crippen LogP contribution in [0, 0.1) is 13.8 Å². The molecule has 198 valence electrons. The number of aryl methyl sites for hydroxylation is 2. The topological polar surface area (TPSA) is 68.0 Å². The number of ether oxygens (including phenoxy) is 2. The second kappa shape index (κ2) is 13.3. The van der Waals surface area contributed by atoms with E-state index in [1.807, 2.05) is 43.9 Å². The molecule has 0 unspecified atom stereocenters. The molecule has 0 saturated heterocycles. The lowest BCUT2D eigenvalue weighted by molar-refractivity contribution is -0.130. The summed E-state index contributed by atoms with van der Waals surface area (Å²) in [7, 11) is 0. The molecule has 1 aliphatic heterocycles. The number of fused-ring (bicyclic) bond motifs is 1. The predicted octanol–water partition coefficient (Wildman–Crippen LogP) is 5.33. The van der Waals surface area contributed by atoms with Gasteiger partial charge in [0.15, 0.2) is 11.5 Å². The second-order valence-corrected chi connectivity index (χ2v) is 9.64. The van der Waals surface area contributed by atoms with Gasteiger partial charge in [-0.25, -0.2) is 0 Å². The van der Waals surface area contributed by atoms with E-state index in [9.17, 15) is 4.79 Å². The van der Waals surface area contributed by atoms with Crippen molar-refractivity contribution < 1.29 is 18.8 Å². The molecule has 0 saturated carbocycles. The number of nitrogens with zero attached hydrogens (tertiary/aromatic N) is 3. The first-order chi connectivity index (χ1) is 18.0. The van der Waals surface area contributed by atoms with Crippen molar-refractivity contribution in [1.29, 1.82) is 0 Å². The molecular formula is C30H39N3O4. The predicted molar refractivity (Wildman–Crippen MR) is 144 cm³/mol. The minimum absolute atomic E-state index is 0.124. The van der Waals surface area contributed by atoms with E-state index in [1.165, 1.54) is 5.56 Å². The Morgan fingerprint density at radius 1 is 1.00 bits per heavy atom. The summed E-state index contributed by atoms with van der Waals surface area (Å²) in [5.41, 5.74) is 4.04. The highest BCUT2D eigenvalue weighted by atomic mass is 16.5. The number of benzene rings is 2. The lowest BCUT2D eigenvalue weighted by Gasteiger charge is -2.28. The SMILES string of the molecule is CCOc1cccc2c1OCCCCCN(C(=O)Cc1c(C)noc1C)CCN(Cc1ccccc1)C2. The molecule has 2 aromatic carbocycles. The van der Waals surface area contributed by atoms with E-state index in [1.54, 1.807) is 0 Å². The standard InChI is InChI=1S/C30H39N3O4/c1-4-35-28-15-11-14-26-22-32(21-25-12-7-5-8-13-25)17-18-33(16-9-6-10-19-36-30(26)28)29(34)20-27-23(2)31-37-24(27)3/h5,7-8,11-15H,4,6,9-10,16-22H2,1-3H3. The largest absolute Gasteiger partial charge is 0.490 e. The number of para-hydroxylation sites is 1. The van der Waals surface area contributed by atoms with Gasteiger partial charge in [-0.2, -0.15) is 0 Å². The first-order valence-corrected chi connectivity index (χ1v) is 13.4. The Bertz CT molecular complexity index is 1130. The third kappa shape index (κ3) is 7.35. The third-order valence-electron chi connectivity index (χ3n) is 6.87. The van der Waals surface area contributed by atoms with Crippen molar-refractivity contribution in [2.75, 3.05) is 32.8 Å². The molecular weight excluding hydrogens is 466 g/mol. The summed E-state index contributed by atoms with van der Waals surface area (Å²) < 4.78 is 17.5. The minimum Gasteiger partial charge on any atom is -0.490 e. The summed E-state index contributed by atoms with van der Waals surface area (Å²) >= 11 is 0. The zero-order valence-corrected chi connectivity index (χ0v) is 22.4. The fourth-order valence-corrected chi connectivity index (χ4v) is 4.81. The third-order valence-corrected chi connectivity index (χ3v) is 6.87. The van der Waals surface area contributed by atoms with Crippen molar-refractivity contribution in [3.8, 4) is 11.5 Å². The van der Waals surface area contributed by atoms with Gasteiger partial charge in [-0.05, 0) is 51.7 Å². The van der Waals surface area contributed by atoms with Gasteiger partial charge in [0.05, 0.1) is 25.3 Å². The number of hydrogen-bond donors (Lipinski definition) is 0. The summed E-state index contributed by atoms with van der Waals surface area (Å²) in [6.45, 7) is 10.6. The van der Waals surface area contributed by atoms with E-state index in [-0.39, 0.29) is 5.91 Å². The minimum atomic E-state index is 0.124. The Labute approximate surface area is 220 Å². The fraction of sp³-hybridized carbons (Fsp3) is 0.467. The number of carbonyl (C=O) groups is 1. The normalized spacial score (nSPS) is 15.6. The zero-order chi connectivity index (χ0) is 26.0. The number of carbonyl (C=O) groups excluding carboxylic acids is 1. The molecule has 0 N–H and O–H groups in total. The number of rotatable bonds is 6. The molecule has 0 atom stereocenters. The van der Waals surface area contributed by atoms with Crippen molar-refractivity contribution in [2.45, 2.75) is 59.5 Å². The Hall–Kier alpha value is -3.32. The van der Waals surface area contributed by atoms with Gasteiger partial charge in [0.25, 0.3) is 0 Å². The smallest absolute Gasteiger partial charge is 0.227 e. The number of amides is 1. The molecule has 0 fully saturated rings. The van der Waals surface area contributed by atoms with Crippen LogP contribution in [-0.4, -0.2) is 53.7 Å². The average molecular weight is 506 g/mol. The van der Waals surface area contributed by atoms with E-state index in [0.717, 1.165) is 73.0 Å². The van der Waals surface area contributed by atoms with Gasteiger partial charge in [0.1, 0.15) is 5.76 Å². The highest BCUT2D eigenvalue weighted by Crippen LogP contribution is 2.33. The molecule has 0 spiro atoms. The number of aromatic nitrogens is 1. The van der Waals surface area contributed by atoms with Gasteiger partial charge in [0, 0.05) is 43.9 Å². The van der Waals surface area contributed by atoms with Crippen LogP contribution in [-0.2, 0) is 24.3 Å². The van der Waals surface area contributed by atoms with Crippen molar-refractivity contribution in [3.05, 3.63) is 76.7 Å². The quantitative estimate of drug-likeness (QED) is 0.451. The molecule has 0 aliphatic carbocycles. The molecule has 37 heavy (non-hydrogen) atoms. The summed E-state index contributed by atoms with van der Waals surface area (Å²) in [5, 5.41) is 4.03. The van der Waals surface area contributed by atoms with E-state index in [0.29, 0.717) is 32.7 Å². The highest BCUT2D eigenvalue weighted by Gasteiger charge is 2.21. The van der Waals surface area contributed by atoms with Crippen molar-refractivity contribution in [2.24, 2.45) is 0 Å². The van der Waals surface area contributed by atoms with Gasteiger partial charge in [-0.1, -0.05) is 47.6 Å².